The third-order valence-electron chi connectivity index (χ3n) is 2.29. The van der Waals surface area contributed by atoms with E-state index in [4.69, 9.17) is 0 Å². The van der Waals surface area contributed by atoms with E-state index in [9.17, 15) is 5.11 Å². The topological polar surface area (TPSA) is 33.1 Å². The van der Waals surface area contributed by atoms with Gasteiger partial charge in [-0.05, 0) is 30.9 Å². The van der Waals surface area contributed by atoms with Gasteiger partial charge in [-0.2, -0.15) is 0 Å². The van der Waals surface area contributed by atoms with Gasteiger partial charge in [-0.1, -0.05) is 19.9 Å². The second-order valence-electron chi connectivity index (χ2n) is 4.25. The van der Waals surface area contributed by atoms with Gasteiger partial charge in [0.2, 0.25) is 0 Å². The van der Waals surface area contributed by atoms with Crippen molar-refractivity contribution >= 4 is 0 Å². The van der Waals surface area contributed by atoms with Crippen LogP contribution in [0.3, 0.4) is 0 Å². The van der Waals surface area contributed by atoms with Crippen LogP contribution in [0.1, 0.15) is 31.5 Å². The fourth-order valence-electron chi connectivity index (χ4n) is 1.58. The zero-order chi connectivity index (χ0) is 10.6. The molecule has 0 fully saturated rings. The van der Waals surface area contributed by atoms with E-state index in [1.807, 2.05) is 19.1 Å². The molecular weight excluding hydrogens is 174 g/mol. The summed E-state index contributed by atoms with van der Waals surface area (Å²) in [7, 11) is 0. The molecule has 0 aliphatic carbocycles. The lowest BCUT2D eigenvalue weighted by molar-refractivity contribution is 0.148. The Morgan fingerprint density at radius 2 is 2.14 bits per heavy atom. The first-order chi connectivity index (χ1) is 6.59. The van der Waals surface area contributed by atoms with Crippen molar-refractivity contribution in [3.05, 3.63) is 29.6 Å². The van der Waals surface area contributed by atoms with Gasteiger partial charge < -0.3 is 5.11 Å². The molecule has 0 aliphatic heterocycles. The Morgan fingerprint density at radius 1 is 1.43 bits per heavy atom. The molecule has 0 aliphatic rings. The molecule has 1 N–H and O–H groups in total. The van der Waals surface area contributed by atoms with E-state index >= 15 is 0 Å². The predicted octanol–water partition coefficient (Wildman–Crippen LogP) is 2.34. The lowest BCUT2D eigenvalue weighted by Crippen LogP contribution is -2.14. The molecule has 0 aromatic carbocycles. The van der Waals surface area contributed by atoms with Crippen molar-refractivity contribution < 1.29 is 5.11 Å². The highest BCUT2D eigenvalue weighted by molar-refractivity contribution is 5.18. The summed E-state index contributed by atoms with van der Waals surface area (Å²) in [5, 5.41) is 9.76. The molecule has 0 radical (unpaired) electrons. The second kappa shape index (κ2) is 5.11. The van der Waals surface area contributed by atoms with E-state index < -0.39 is 0 Å². The number of aryl methyl sites for hydroxylation is 1. The predicted molar refractivity (Wildman–Crippen MR) is 58.1 cm³/mol. The van der Waals surface area contributed by atoms with Gasteiger partial charge in [-0.3, -0.25) is 4.98 Å². The van der Waals surface area contributed by atoms with E-state index in [-0.39, 0.29) is 6.10 Å². The molecule has 2 nitrogen and oxygen atoms in total. The summed E-state index contributed by atoms with van der Waals surface area (Å²) in [4.78, 5) is 4.27. The summed E-state index contributed by atoms with van der Waals surface area (Å²) in [6.07, 6.45) is 3.04. The van der Waals surface area contributed by atoms with Crippen molar-refractivity contribution in [2.45, 2.75) is 39.7 Å². The molecule has 1 rings (SSSR count). The fourth-order valence-corrected chi connectivity index (χ4v) is 1.58. The summed E-state index contributed by atoms with van der Waals surface area (Å²) >= 11 is 0. The number of aromatic nitrogens is 1. The highest BCUT2D eigenvalue weighted by atomic mass is 16.3. The average molecular weight is 193 g/mol. The smallest absolute Gasteiger partial charge is 0.0598 e. The first kappa shape index (κ1) is 11.2. The fraction of sp³-hybridized carbons (Fsp3) is 0.583. The van der Waals surface area contributed by atoms with Crippen LogP contribution in [-0.4, -0.2) is 16.2 Å². The maximum absolute atomic E-state index is 9.76. The van der Waals surface area contributed by atoms with Gasteiger partial charge in [0.25, 0.3) is 0 Å². The molecular formula is C12H19NO. The minimum atomic E-state index is -0.261. The minimum Gasteiger partial charge on any atom is -0.393 e. The molecule has 1 unspecified atom stereocenters. The van der Waals surface area contributed by atoms with E-state index in [1.54, 1.807) is 6.20 Å². The number of pyridine rings is 1. The first-order valence-corrected chi connectivity index (χ1v) is 5.18. The Morgan fingerprint density at radius 3 is 2.71 bits per heavy atom. The number of aliphatic hydroxyl groups excluding tert-OH is 1. The van der Waals surface area contributed by atoms with Crippen LogP contribution in [0.25, 0.3) is 0 Å². The maximum atomic E-state index is 9.76. The summed E-state index contributed by atoms with van der Waals surface area (Å²) < 4.78 is 0. The van der Waals surface area contributed by atoms with Crippen molar-refractivity contribution in [2.24, 2.45) is 5.92 Å². The van der Waals surface area contributed by atoms with Gasteiger partial charge in [0.1, 0.15) is 0 Å². The van der Waals surface area contributed by atoms with Crippen LogP contribution in [-0.2, 0) is 6.42 Å². The molecule has 78 valence electrons. The Balaban J connectivity index is 2.56. The average Bonchev–Trinajstić information content (AvgIpc) is 2.07. The molecule has 14 heavy (non-hydrogen) atoms. The lowest BCUT2D eigenvalue weighted by atomic mass is 10.0. The third-order valence-corrected chi connectivity index (χ3v) is 2.29. The summed E-state index contributed by atoms with van der Waals surface area (Å²) in [6.45, 7) is 6.27. The van der Waals surface area contributed by atoms with Crippen LogP contribution in [0.2, 0.25) is 0 Å². The van der Waals surface area contributed by atoms with Crippen LogP contribution < -0.4 is 0 Å². The normalized spacial score (nSPS) is 13.2. The van der Waals surface area contributed by atoms with Gasteiger partial charge in [0, 0.05) is 18.3 Å². The van der Waals surface area contributed by atoms with E-state index in [2.05, 4.69) is 18.8 Å². The van der Waals surface area contributed by atoms with Gasteiger partial charge in [-0.15, -0.1) is 0 Å². The molecule has 1 heterocycles. The molecule has 0 bridgehead atoms. The van der Waals surface area contributed by atoms with Crippen molar-refractivity contribution in [3.8, 4) is 0 Å². The summed E-state index contributed by atoms with van der Waals surface area (Å²) in [5.41, 5.74) is 2.18. The van der Waals surface area contributed by atoms with Crippen LogP contribution >= 0.6 is 0 Å². The molecule has 1 aromatic rings. The number of hydrogen-bond acceptors (Lipinski definition) is 2. The van der Waals surface area contributed by atoms with Crippen LogP contribution in [0.4, 0.5) is 0 Å². The first-order valence-electron chi connectivity index (χ1n) is 5.18. The Labute approximate surface area is 86.0 Å². The van der Waals surface area contributed by atoms with Crippen molar-refractivity contribution in [1.82, 2.24) is 4.98 Å². The highest BCUT2D eigenvalue weighted by Crippen LogP contribution is 2.11. The van der Waals surface area contributed by atoms with Crippen molar-refractivity contribution in [2.75, 3.05) is 0 Å². The SMILES string of the molecule is Cc1cccnc1CC(O)CC(C)C. The summed E-state index contributed by atoms with van der Waals surface area (Å²) in [5.74, 6) is 0.536. The summed E-state index contributed by atoms with van der Waals surface area (Å²) in [6, 6.07) is 3.96. The molecule has 0 spiro atoms. The van der Waals surface area contributed by atoms with Crippen LogP contribution in [0.5, 0.6) is 0 Å². The Bertz CT molecular complexity index is 283. The van der Waals surface area contributed by atoms with Crippen LogP contribution in [0.15, 0.2) is 18.3 Å². The van der Waals surface area contributed by atoms with Crippen molar-refractivity contribution in [3.63, 3.8) is 0 Å². The van der Waals surface area contributed by atoms with Gasteiger partial charge in [0.15, 0.2) is 0 Å². The van der Waals surface area contributed by atoms with Gasteiger partial charge in [-0.25, -0.2) is 0 Å². The molecule has 1 aromatic heterocycles. The van der Waals surface area contributed by atoms with Crippen molar-refractivity contribution in [1.29, 1.82) is 0 Å². The highest BCUT2D eigenvalue weighted by Gasteiger charge is 2.09. The third kappa shape index (κ3) is 3.46. The largest absolute Gasteiger partial charge is 0.393 e. The zero-order valence-corrected chi connectivity index (χ0v) is 9.20. The minimum absolute atomic E-state index is 0.261. The quantitative estimate of drug-likeness (QED) is 0.796. The van der Waals surface area contributed by atoms with E-state index in [1.165, 1.54) is 0 Å². The zero-order valence-electron chi connectivity index (χ0n) is 9.20. The molecule has 0 saturated heterocycles. The van der Waals surface area contributed by atoms with Gasteiger partial charge in [0.05, 0.1) is 6.10 Å². The van der Waals surface area contributed by atoms with E-state index in [0.29, 0.717) is 12.3 Å². The Hall–Kier alpha value is -0.890. The number of aliphatic hydroxyl groups is 1. The second-order valence-corrected chi connectivity index (χ2v) is 4.25. The number of hydrogen-bond donors (Lipinski definition) is 1. The number of rotatable bonds is 4. The molecule has 2 heteroatoms. The maximum Gasteiger partial charge on any atom is 0.0598 e. The van der Waals surface area contributed by atoms with E-state index in [0.717, 1.165) is 17.7 Å². The molecule has 0 saturated carbocycles. The molecule has 0 amide bonds. The lowest BCUT2D eigenvalue weighted by Gasteiger charge is -2.13. The van der Waals surface area contributed by atoms with Crippen LogP contribution in [0, 0.1) is 12.8 Å². The van der Waals surface area contributed by atoms with Gasteiger partial charge >= 0.3 is 0 Å². The standard InChI is InChI=1S/C12H19NO/c1-9(2)7-11(14)8-12-10(3)5-4-6-13-12/h4-6,9,11,14H,7-8H2,1-3H3. The molecule has 1 atom stereocenters. The number of nitrogens with zero attached hydrogens (tertiary/aromatic N) is 1. The Kier molecular flexibility index (Phi) is 4.08. The monoisotopic (exact) mass is 193 g/mol.